The van der Waals surface area contributed by atoms with Crippen LogP contribution in [-0.2, 0) is 4.79 Å². The second-order valence-corrected chi connectivity index (χ2v) is 5.81. The smallest absolute Gasteiger partial charge is 0.126 e. The van der Waals surface area contributed by atoms with Crippen LogP contribution in [0.1, 0.15) is 46.0 Å². The number of nitrogens with zero attached hydrogens (tertiary/aromatic N) is 1. The van der Waals surface area contributed by atoms with E-state index in [0.29, 0.717) is 0 Å². The molecule has 88 valence electrons. The van der Waals surface area contributed by atoms with Crippen LogP contribution in [0, 0.1) is 11.3 Å². The third kappa shape index (κ3) is 4.78. The zero-order chi connectivity index (χ0) is 11.3. The SMILES string of the molecule is CN(CC1CCCCC1)CC(C)(C)C=O. The number of carbonyl (C=O) groups is 1. The molecule has 1 saturated carbocycles. The predicted octanol–water partition coefficient (Wildman–Crippen LogP) is 2.72. The van der Waals surface area contributed by atoms with E-state index >= 15 is 0 Å². The third-order valence-corrected chi connectivity index (χ3v) is 3.29. The Morgan fingerprint density at radius 3 is 2.40 bits per heavy atom. The highest BCUT2D eigenvalue weighted by molar-refractivity contribution is 5.58. The molecule has 0 unspecified atom stereocenters. The highest BCUT2D eigenvalue weighted by Gasteiger charge is 2.21. The van der Waals surface area contributed by atoms with Gasteiger partial charge in [-0.15, -0.1) is 0 Å². The van der Waals surface area contributed by atoms with Gasteiger partial charge in [-0.3, -0.25) is 0 Å². The quantitative estimate of drug-likeness (QED) is 0.652. The van der Waals surface area contributed by atoms with Crippen molar-refractivity contribution in [1.82, 2.24) is 4.90 Å². The summed E-state index contributed by atoms with van der Waals surface area (Å²) in [6, 6.07) is 0. The van der Waals surface area contributed by atoms with Crippen LogP contribution in [0.4, 0.5) is 0 Å². The fourth-order valence-corrected chi connectivity index (χ4v) is 2.61. The lowest BCUT2D eigenvalue weighted by Crippen LogP contribution is -2.36. The van der Waals surface area contributed by atoms with E-state index in [1.165, 1.54) is 32.1 Å². The number of carbonyl (C=O) groups excluding carboxylic acids is 1. The average molecular weight is 211 g/mol. The number of hydrogen-bond acceptors (Lipinski definition) is 2. The third-order valence-electron chi connectivity index (χ3n) is 3.29. The topological polar surface area (TPSA) is 20.3 Å². The van der Waals surface area contributed by atoms with Crippen molar-refractivity contribution in [3.05, 3.63) is 0 Å². The molecule has 0 aromatic heterocycles. The van der Waals surface area contributed by atoms with E-state index in [0.717, 1.165) is 25.3 Å². The Labute approximate surface area is 94.0 Å². The molecule has 0 saturated heterocycles. The van der Waals surface area contributed by atoms with E-state index in [2.05, 4.69) is 11.9 Å². The molecule has 0 bridgehead atoms. The summed E-state index contributed by atoms with van der Waals surface area (Å²) in [6.07, 6.45) is 8.05. The van der Waals surface area contributed by atoms with Gasteiger partial charge in [0.15, 0.2) is 0 Å². The molecule has 2 heteroatoms. The Morgan fingerprint density at radius 1 is 1.27 bits per heavy atom. The first-order valence-corrected chi connectivity index (χ1v) is 6.18. The van der Waals surface area contributed by atoms with Crippen LogP contribution in [0.2, 0.25) is 0 Å². The summed E-state index contributed by atoms with van der Waals surface area (Å²) in [7, 11) is 2.14. The molecule has 0 aliphatic heterocycles. The van der Waals surface area contributed by atoms with Gasteiger partial charge in [0.1, 0.15) is 6.29 Å². The molecule has 1 aliphatic rings. The maximum Gasteiger partial charge on any atom is 0.126 e. The first-order chi connectivity index (χ1) is 7.03. The molecule has 2 nitrogen and oxygen atoms in total. The van der Waals surface area contributed by atoms with E-state index in [1.807, 2.05) is 13.8 Å². The first kappa shape index (κ1) is 12.7. The first-order valence-electron chi connectivity index (χ1n) is 6.18. The predicted molar refractivity (Wildman–Crippen MR) is 63.9 cm³/mol. The van der Waals surface area contributed by atoms with Gasteiger partial charge in [-0.2, -0.15) is 0 Å². The minimum Gasteiger partial charge on any atom is -0.305 e. The van der Waals surface area contributed by atoms with Gasteiger partial charge in [0, 0.05) is 18.5 Å². The Balaban J connectivity index is 2.28. The van der Waals surface area contributed by atoms with Crippen molar-refractivity contribution < 1.29 is 4.79 Å². The molecule has 0 radical (unpaired) electrons. The fourth-order valence-electron chi connectivity index (χ4n) is 2.61. The standard InChI is InChI=1S/C13H25NO/c1-13(2,11-15)10-14(3)9-12-7-5-4-6-8-12/h11-12H,4-10H2,1-3H3. The van der Waals surface area contributed by atoms with Crippen LogP contribution in [0.15, 0.2) is 0 Å². The summed E-state index contributed by atoms with van der Waals surface area (Å²) in [5, 5.41) is 0. The monoisotopic (exact) mass is 211 g/mol. The summed E-state index contributed by atoms with van der Waals surface area (Å²) in [4.78, 5) is 13.2. The van der Waals surface area contributed by atoms with Crippen LogP contribution in [-0.4, -0.2) is 31.3 Å². The van der Waals surface area contributed by atoms with Crippen LogP contribution in [0.25, 0.3) is 0 Å². The molecule has 1 fully saturated rings. The molecule has 1 rings (SSSR count). The fraction of sp³-hybridized carbons (Fsp3) is 0.923. The molecular formula is C13H25NO. The van der Waals surface area contributed by atoms with Crippen molar-refractivity contribution in [2.24, 2.45) is 11.3 Å². The van der Waals surface area contributed by atoms with E-state index in [4.69, 9.17) is 0 Å². The van der Waals surface area contributed by atoms with E-state index in [9.17, 15) is 4.79 Å². The highest BCUT2D eigenvalue weighted by Crippen LogP contribution is 2.24. The molecule has 0 heterocycles. The molecule has 15 heavy (non-hydrogen) atoms. The van der Waals surface area contributed by atoms with Crippen LogP contribution >= 0.6 is 0 Å². The van der Waals surface area contributed by atoms with Crippen LogP contribution in [0.5, 0.6) is 0 Å². The van der Waals surface area contributed by atoms with Gasteiger partial charge in [-0.05, 0) is 25.8 Å². The summed E-state index contributed by atoms with van der Waals surface area (Å²) in [6.45, 7) is 6.07. The molecule has 0 spiro atoms. The van der Waals surface area contributed by atoms with E-state index in [1.54, 1.807) is 0 Å². The molecule has 0 N–H and O–H groups in total. The maximum atomic E-state index is 10.8. The largest absolute Gasteiger partial charge is 0.305 e. The van der Waals surface area contributed by atoms with E-state index < -0.39 is 0 Å². The van der Waals surface area contributed by atoms with Crippen molar-refractivity contribution in [2.75, 3.05) is 20.1 Å². The van der Waals surface area contributed by atoms with Gasteiger partial charge in [0.2, 0.25) is 0 Å². The molecule has 0 atom stereocenters. The molecule has 0 aromatic carbocycles. The van der Waals surface area contributed by atoms with Gasteiger partial charge in [0.05, 0.1) is 0 Å². The van der Waals surface area contributed by atoms with Crippen molar-refractivity contribution >= 4 is 6.29 Å². The van der Waals surface area contributed by atoms with Crippen LogP contribution < -0.4 is 0 Å². The average Bonchev–Trinajstić information content (AvgIpc) is 2.18. The van der Waals surface area contributed by atoms with Gasteiger partial charge in [0.25, 0.3) is 0 Å². The maximum absolute atomic E-state index is 10.8. The minimum atomic E-state index is -0.191. The number of rotatable bonds is 5. The van der Waals surface area contributed by atoms with Crippen molar-refractivity contribution in [3.63, 3.8) is 0 Å². The van der Waals surface area contributed by atoms with Crippen molar-refractivity contribution in [3.8, 4) is 0 Å². The lowest BCUT2D eigenvalue weighted by molar-refractivity contribution is -0.115. The zero-order valence-corrected chi connectivity index (χ0v) is 10.5. The molecule has 0 amide bonds. The summed E-state index contributed by atoms with van der Waals surface area (Å²) in [5.74, 6) is 0.867. The number of aldehydes is 1. The Hall–Kier alpha value is -0.370. The highest BCUT2D eigenvalue weighted by atomic mass is 16.1. The second kappa shape index (κ2) is 5.64. The Bertz CT molecular complexity index is 195. The Kier molecular flexibility index (Phi) is 4.78. The van der Waals surface area contributed by atoms with Gasteiger partial charge in [-0.25, -0.2) is 0 Å². The molecular weight excluding hydrogens is 186 g/mol. The molecule has 0 aromatic rings. The summed E-state index contributed by atoms with van der Waals surface area (Å²) < 4.78 is 0. The van der Waals surface area contributed by atoms with Crippen LogP contribution in [0.3, 0.4) is 0 Å². The van der Waals surface area contributed by atoms with E-state index in [-0.39, 0.29) is 5.41 Å². The lowest BCUT2D eigenvalue weighted by Gasteiger charge is -2.30. The summed E-state index contributed by atoms with van der Waals surface area (Å²) in [5.41, 5.74) is -0.191. The van der Waals surface area contributed by atoms with Gasteiger partial charge >= 0.3 is 0 Å². The van der Waals surface area contributed by atoms with Gasteiger partial charge < -0.3 is 9.69 Å². The van der Waals surface area contributed by atoms with Crippen molar-refractivity contribution in [1.29, 1.82) is 0 Å². The second-order valence-electron chi connectivity index (χ2n) is 5.81. The normalized spacial score (nSPS) is 19.5. The van der Waals surface area contributed by atoms with Gasteiger partial charge in [-0.1, -0.05) is 33.1 Å². The van der Waals surface area contributed by atoms with Crippen molar-refractivity contribution in [2.45, 2.75) is 46.0 Å². The zero-order valence-electron chi connectivity index (χ0n) is 10.5. The number of hydrogen-bond donors (Lipinski definition) is 0. The summed E-state index contributed by atoms with van der Waals surface area (Å²) >= 11 is 0. The minimum absolute atomic E-state index is 0.191. The Morgan fingerprint density at radius 2 is 1.87 bits per heavy atom. The lowest BCUT2D eigenvalue weighted by atomic mass is 9.88. The molecule has 1 aliphatic carbocycles.